The van der Waals surface area contributed by atoms with Crippen LogP contribution in [0.15, 0.2) is 18.2 Å². The van der Waals surface area contributed by atoms with Gasteiger partial charge in [0.2, 0.25) is 0 Å². The van der Waals surface area contributed by atoms with Gasteiger partial charge in [0, 0.05) is 48.8 Å². The van der Waals surface area contributed by atoms with Gasteiger partial charge in [-0.15, -0.1) is 0 Å². The molecule has 0 radical (unpaired) electrons. The molecule has 1 aliphatic rings. The number of nitro benzene ring substituents is 1. The normalized spacial score (nSPS) is 16.9. The summed E-state index contributed by atoms with van der Waals surface area (Å²) in [4.78, 5) is 15.4. The lowest BCUT2D eigenvalue weighted by molar-refractivity contribution is -0.385. The third-order valence-electron chi connectivity index (χ3n) is 4.36. The molecular formula is C15H22BrN3O2. The molecule has 0 spiro atoms. The molecule has 0 unspecified atom stereocenters. The smallest absolute Gasteiger partial charge is 0.273 e. The highest BCUT2D eigenvalue weighted by atomic mass is 79.9. The van der Waals surface area contributed by atoms with E-state index in [9.17, 15) is 10.1 Å². The molecule has 1 aromatic rings. The molecule has 6 heteroatoms. The molecule has 2 rings (SSSR count). The minimum absolute atomic E-state index is 0.185. The number of nitro groups is 1. The number of nitrogens with zero attached hydrogens (tertiary/aromatic N) is 3. The number of benzene rings is 1. The van der Waals surface area contributed by atoms with Crippen LogP contribution in [0, 0.1) is 10.1 Å². The molecule has 1 fully saturated rings. The number of hydrogen-bond acceptors (Lipinski definition) is 4. The average Bonchev–Trinajstić information content (AvgIpc) is 2.53. The Labute approximate surface area is 134 Å². The van der Waals surface area contributed by atoms with Gasteiger partial charge in [-0.05, 0) is 31.5 Å². The van der Waals surface area contributed by atoms with Crippen molar-refractivity contribution in [1.82, 2.24) is 4.90 Å². The molecule has 21 heavy (non-hydrogen) atoms. The van der Waals surface area contributed by atoms with Crippen LogP contribution in [-0.2, 0) is 5.33 Å². The van der Waals surface area contributed by atoms with Crippen LogP contribution in [0.5, 0.6) is 0 Å². The van der Waals surface area contributed by atoms with Crippen LogP contribution in [0.3, 0.4) is 0 Å². The van der Waals surface area contributed by atoms with Crippen molar-refractivity contribution >= 4 is 27.3 Å². The maximum atomic E-state index is 11.0. The predicted molar refractivity (Wildman–Crippen MR) is 89.3 cm³/mol. The van der Waals surface area contributed by atoms with E-state index in [1.807, 2.05) is 12.1 Å². The van der Waals surface area contributed by atoms with Gasteiger partial charge in [-0.2, -0.15) is 0 Å². The van der Waals surface area contributed by atoms with Crippen molar-refractivity contribution in [3.8, 4) is 0 Å². The fraction of sp³-hybridized carbons (Fsp3) is 0.600. The first-order valence-electron chi connectivity index (χ1n) is 7.35. The predicted octanol–water partition coefficient (Wildman–Crippen LogP) is 3.41. The van der Waals surface area contributed by atoms with E-state index < -0.39 is 0 Å². The molecule has 116 valence electrons. The van der Waals surface area contributed by atoms with Gasteiger partial charge in [0.05, 0.1) is 4.92 Å². The summed E-state index contributed by atoms with van der Waals surface area (Å²) in [6.07, 6.45) is 2.29. The fourth-order valence-electron chi connectivity index (χ4n) is 2.91. The zero-order valence-electron chi connectivity index (χ0n) is 12.6. The van der Waals surface area contributed by atoms with Gasteiger partial charge in [-0.25, -0.2) is 0 Å². The minimum Gasteiger partial charge on any atom is -0.371 e. The third-order valence-corrected chi connectivity index (χ3v) is 4.97. The monoisotopic (exact) mass is 355 g/mol. The van der Waals surface area contributed by atoms with E-state index in [2.05, 4.69) is 39.7 Å². The van der Waals surface area contributed by atoms with E-state index in [0.717, 1.165) is 43.7 Å². The lowest BCUT2D eigenvalue weighted by atomic mass is 10.0. The number of halogens is 1. The standard InChI is InChI=1S/C15H22BrN3O2/c1-3-18-8-6-13(7-9-18)17(2)14-4-5-15(19(20)21)12(10-14)11-16/h4-5,10,13H,3,6-9,11H2,1-2H3. The second-order valence-corrected chi connectivity index (χ2v) is 6.04. The van der Waals surface area contributed by atoms with Crippen LogP contribution in [0.25, 0.3) is 0 Å². The summed E-state index contributed by atoms with van der Waals surface area (Å²) in [6.45, 7) is 5.57. The molecule has 1 saturated heterocycles. The maximum absolute atomic E-state index is 11.0. The first-order valence-corrected chi connectivity index (χ1v) is 8.47. The molecule has 0 N–H and O–H groups in total. The number of piperidine rings is 1. The van der Waals surface area contributed by atoms with Gasteiger partial charge in [-0.1, -0.05) is 22.9 Å². The molecule has 1 aliphatic heterocycles. The molecular weight excluding hydrogens is 334 g/mol. The van der Waals surface area contributed by atoms with Crippen molar-refractivity contribution in [3.63, 3.8) is 0 Å². The van der Waals surface area contributed by atoms with Gasteiger partial charge in [0.15, 0.2) is 0 Å². The summed E-state index contributed by atoms with van der Waals surface area (Å²) in [5.41, 5.74) is 1.98. The van der Waals surface area contributed by atoms with Crippen LogP contribution < -0.4 is 4.90 Å². The molecule has 1 aromatic carbocycles. The zero-order valence-corrected chi connectivity index (χ0v) is 14.2. The highest BCUT2D eigenvalue weighted by Gasteiger charge is 2.23. The Morgan fingerprint density at radius 3 is 2.62 bits per heavy atom. The van der Waals surface area contributed by atoms with E-state index in [-0.39, 0.29) is 10.6 Å². The summed E-state index contributed by atoms with van der Waals surface area (Å²) < 4.78 is 0. The summed E-state index contributed by atoms with van der Waals surface area (Å²) in [5.74, 6) is 0. The Morgan fingerprint density at radius 2 is 2.10 bits per heavy atom. The van der Waals surface area contributed by atoms with Crippen molar-refractivity contribution in [3.05, 3.63) is 33.9 Å². The van der Waals surface area contributed by atoms with E-state index in [1.165, 1.54) is 0 Å². The highest BCUT2D eigenvalue weighted by Crippen LogP contribution is 2.29. The first-order chi connectivity index (χ1) is 10.1. The first kappa shape index (κ1) is 16.2. The lowest BCUT2D eigenvalue weighted by Crippen LogP contribution is -2.43. The fourth-order valence-corrected chi connectivity index (χ4v) is 3.36. The van der Waals surface area contributed by atoms with Crippen molar-refractivity contribution < 1.29 is 4.92 Å². The zero-order chi connectivity index (χ0) is 15.4. The number of hydrogen-bond donors (Lipinski definition) is 0. The second kappa shape index (κ2) is 7.22. The Bertz CT molecular complexity index is 502. The van der Waals surface area contributed by atoms with Crippen LogP contribution in [0.2, 0.25) is 0 Å². The SMILES string of the molecule is CCN1CCC(N(C)c2ccc([N+](=O)[O-])c(CBr)c2)CC1. The molecule has 0 atom stereocenters. The molecule has 0 aromatic heterocycles. The molecule has 0 saturated carbocycles. The van der Waals surface area contributed by atoms with Crippen molar-refractivity contribution in [2.24, 2.45) is 0 Å². The van der Waals surface area contributed by atoms with Crippen LogP contribution in [-0.4, -0.2) is 42.5 Å². The van der Waals surface area contributed by atoms with Gasteiger partial charge in [-0.3, -0.25) is 10.1 Å². The average molecular weight is 356 g/mol. The van der Waals surface area contributed by atoms with Crippen LogP contribution in [0.4, 0.5) is 11.4 Å². The van der Waals surface area contributed by atoms with Gasteiger partial charge in [0.25, 0.3) is 5.69 Å². The second-order valence-electron chi connectivity index (χ2n) is 5.48. The van der Waals surface area contributed by atoms with Gasteiger partial charge in [0.1, 0.15) is 0 Å². The van der Waals surface area contributed by atoms with Crippen LogP contribution >= 0.6 is 15.9 Å². The minimum atomic E-state index is -0.319. The number of anilines is 1. The molecule has 1 heterocycles. The largest absolute Gasteiger partial charge is 0.371 e. The molecule has 0 bridgehead atoms. The summed E-state index contributed by atoms with van der Waals surface area (Å²) >= 11 is 3.34. The van der Waals surface area contributed by atoms with E-state index in [4.69, 9.17) is 0 Å². The topological polar surface area (TPSA) is 49.6 Å². The quantitative estimate of drug-likeness (QED) is 0.461. The van der Waals surface area contributed by atoms with E-state index >= 15 is 0 Å². The summed E-state index contributed by atoms with van der Waals surface area (Å²) in [5, 5.41) is 11.5. The van der Waals surface area contributed by atoms with Crippen LogP contribution in [0.1, 0.15) is 25.3 Å². The number of rotatable bonds is 5. The van der Waals surface area contributed by atoms with Gasteiger partial charge < -0.3 is 9.80 Å². The highest BCUT2D eigenvalue weighted by molar-refractivity contribution is 9.08. The van der Waals surface area contributed by atoms with E-state index in [1.54, 1.807) is 6.07 Å². The number of alkyl halides is 1. The third kappa shape index (κ3) is 3.74. The van der Waals surface area contributed by atoms with Crippen molar-refractivity contribution in [1.29, 1.82) is 0 Å². The summed E-state index contributed by atoms with van der Waals surface area (Å²) in [7, 11) is 2.09. The Balaban J connectivity index is 2.12. The number of likely N-dealkylation sites (tertiary alicyclic amines) is 1. The Kier molecular flexibility index (Phi) is 5.58. The lowest BCUT2D eigenvalue weighted by Gasteiger charge is -2.37. The Morgan fingerprint density at radius 1 is 1.43 bits per heavy atom. The van der Waals surface area contributed by atoms with E-state index in [0.29, 0.717) is 11.4 Å². The summed E-state index contributed by atoms with van der Waals surface area (Å²) in [6, 6.07) is 5.91. The molecule has 0 aliphatic carbocycles. The molecule has 0 amide bonds. The Hall–Kier alpha value is -1.14. The molecule has 5 nitrogen and oxygen atoms in total. The van der Waals surface area contributed by atoms with Gasteiger partial charge >= 0.3 is 0 Å². The van der Waals surface area contributed by atoms with Crippen molar-refractivity contribution in [2.75, 3.05) is 31.6 Å². The maximum Gasteiger partial charge on any atom is 0.273 e. The van der Waals surface area contributed by atoms with Crippen molar-refractivity contribution in [2.45, 2.75) is 31.1 Å².